The van der Waals surface area contributed by atoms with Crippen LogP contribution in [-0.4, -0.2) is 46.5 Å². The van der Waals surface area contributed by atoms with Crippen molar-refractivity contribution in [1.82, 2.24) is 4.90 Å². The number of oxime groups is 1. The van der Waals surface area contributed by atoms with E-state index in [2.05, 4.69) is 10.5 Å². The summed E-state index contributed by atoms with van der Waals surface area (Å²) in [4.78, 5) is 44.6. The molecule has 31 heavy (non-hydrogen) atoms. The molecule has 0 radical (unpaired) electrons. The highest BCUT2D eigenvalue weighted by atomic mass is 16.7. The van der Waals surface area contributed by atoms with E-state index in [1.54, 1.807) is 17.9 Å². The highest BCUT2D eigenvalue weighted by Crippen LogP contribution is 2.49. The first-order valence-corrected chi connectivity index (χ1v) is 10.6. The quantitative estimate of drug-likeness (QED) is 0.706. The smallest absolute Gasteiger partial charge is 0.250 e. The molecule has 2 atom stereocenters. The van der Waals surface area contributed by atoms with Gasteiger partial charge in [0.2, 0.25) is 11.8 Å². The molecule has 4 rings (SSSR count). The lowest BCUT2D eigenvalue weighted by Crippen LogP contribution is -2.46. The Morgan fingerprint density at radius 1 is 1.32 bits per heavy atom. The van der Waals surface area contributed by atoms with Crippen LogP contribution in [-0.2, 0) is 19.2 Å². The second-order valence-corrected chi connectivity index (χ2v) is 9.11. The predicted octanol–water partition coefficient (Wildman–Crippen LogP) is 2.34. The van der Waals surface area contributed by atoms with Gasteiger partial charge < -0.3 is 20.8 Å². The first kappa shape index (κ1) is 21.1. The molecule has 1 saturated carbocycles. The average molecular weight is 425 g/mol. The Balaban J connectivity index is 1.50. The van der Waals surface area contributed by atoms with Crippen molar-refractivity contribution in [1.29, 1.82) is 0 Å². The number of hydrogen-bond donors (Lipinski definition) is 2. The lowest BCUT2D eigenvalue weighted by atomic mass is 9.91. The van der Waals surface area contributed by atoms with Crippen LogP contribution in [0.25, 0.3) is 0 Å². The van der Waals surface area contributed by atoms with Crippen molar-refractivity contribution in [3.8, 4) is 0 Å². The molecule has 8 nitrogen and oxygen atoms in total. The normalized spacial score (nSPS) is 26.4. The summed E-state index contributed by atoms with van der Waals surface area (Å²) >= 11 is 0. The van der Waals surface area contributed by atoms with E-state index in [9.17, 15) is 14.4 Å². The third-order valence-corrected chi connectivity index (χ3v) is 6.59. The minimum atomic E-state index is -0.753. The molecule has 1 aliphatic carbocycles. The lowest BCUT2D eigenvalue weighted by molar-refractivity contribution is -0.141. The van der Waals surface area contributed by atoms with Crippen molar-refractivity contribution >= 4 is 29.1 Å². The van der Waals surface area contributed by atoms with Crippen LogP contribution in [0.4, 0.5) is 5.69 Å². The molecule has 1 saturated heterocycles. The lowest BCUT2D eigenvalue weighted by Gasteiger charge is -2.25. The number of anilines is 1. The molecule has 0 bridgehead atoms. The number of primary amides is 1. The largest absolute Gasteiger partial charge is 0.387 e. The molecule has 8 heteroatoms. The molecular formula is C23H28N4O4. The number of rotatable bonds is 5. The van der Waals surface area contributed by atoms with Crippen molar-refractivity contribution in [2.24, 2.45) is 16.3 Å². The van der Waals surface area contributed by atoms with E-state index in [4.69, 9.17) is 10.6 Å². The summed E-state index contributed by atoms with van der Waals surface area (Å²) in [7, 11) is 0. The molecule has 1 spiro atoms. The zero-order valence-corrected chi connectivity index (χ0v) is 18.1. The van der Waals surface area contributed by atoms with Gasteiger partial charge in [0.05, 0.1) is 12.3 Å². The fourth-order valence-electron chi connectivity index (χ4n) is 4.17. The van der Waals surface area contributed by atoms with Crippen LogP contribution >= 0.6 is 0 Å². The number of nitrogens with two attached hydrogens (primary N) is 1. The summed E-state index contributed by atoms with van der Waals surface area (Å²) in [6, 6.07) is 6.71. The summed E-state index contributed by atoms with van der Waals surface area (Å²) in [5, 5.41) is 7.15. The van der Waals surface area contributed by atoms with E-state index in [0.717, 1.165) is 18.4 Å². The predicted molar refractivity (Wildman–Crippen MR) is 116 cm³/mol. The van der Waals surface area contributed by atoms with E-state index >= 15 is 0 Å². The molecule has 1 aromatic carbocycles. The molecule has 2 aliphatic heterocycles. The topological polar surface area (TPSA) is 114 Å². The molecule has 1 aromatic rings. The highest BCUT2D eigenvalue weighted by molar-refractivity contribution is 6.06. The SMILES string of the molecule is C/C=C(/C)C(=O)Nc1cccc(C2=NOC3(C2)C[C@@H](C(N)=O)N(C(=O)C2(C)CC2)C3)c1. The summed E-state index contributed by atoms with van der Waals surface area (Å²) in [5.41, 5.74) is 7.30. The van der Waals surface area contributed by atoms with Gasteiger partial charge in [-0.2, -0.15) is 0 Å². The second kappa shape index (κ2) is 7.51. The number of carbonyl (C=O) groups is 3. The van der Waals surface area contributed by atoms with Gasteiger partial charge >= 0.3 is 0 Å². The molecule has 3 amide bonds. The first-order valence-electron chi connectivity index (χ1n) is 10.6. The fourth-order valence-corrected chi connectivity index (χ4v) is 4.17. The van der Waals surface area contributed by atoms with Crippen molar-refractivity contribution < 1.29 is 19.2 Å². The van der Waals surface area contributed by atoms with Gasteiger partial charge in [-0.05, 0) is 38.8 Å². The number of nitrogens with zero attached hydrogens (tertiary/aromatic N) is 2. The van der Waals surface area contributed by atoms with Crippen LogP contribution in [0.3, 0.4) is 0 Å². The zero-order chi connectivity index (χ0) is 22.4. The van der Waals surface area contributed by atoms with Gasteiger partial charge in [0.25, 0.3) is 5.91 Å². The van der Waals surface area contributed by atoms with E-state index in [0.29, 0.717) is 36.4 Å². The summed E-state index contributed by atoms with van der Waals surface area (Å²) in [6.45, 7) is 5.78. The van der Waals surface area contributed by atoms with Crippen LogP contribution < -0.4 is 11.1 Å². The monoisotopic (exact) mass is 424 g/mol. The Morgan fingerprint density at radius 2 is 2.06 bits per heavy atom. The van der Waals surface area contributed by atoms with E-state index in [-0.39, 0.29) is 17.2 Å². The summed E-state index contributed by atoms with van der Waals surface area (Å²) < 4.78 is 0. The van der Waals surface area contributed by atoms with Gasteiger partial charge in [-0.15, -0.1) is 0 Å². The van der Waals surface area contributed by atoms with Gasteiger partial charge in [0, 0.05) is 35.1 Å². The van der Waals surface area contributed by atoms with Crippen LogP contribution in [0.2, 0.25) is 0 Å². The van der Waals surface area contributed by atoms with Crippen molar-refractivity contribution in [2.75, 3.05) is 11.9 Å². The van der Waals surface area contributed by atoms with E-state index < -0.39 is 17.6 Å². The summed E-state index contributed by atoms with van der Waals surface area (Å²) in [6.07, 6.45) is 4.20. The summed E-state index contributed by atoms with van der Waals surface area (Å²) in [5.74, 6) is -0.714. The van der Waals surface area contributed by atoms with Gasteiger partial charge in [0.1, 0.15) is 6.04 Å². The third kappa shape index (κ3) is 3.94. The number of likely N-dealkylation sites (tertiary alicyclic amines) is 1. The van der Waals surface area contributed by atoms with Gasteiger partial charge in [0.15, 0.2) is 5.60 Å². The maximum Gasteiger partial charge on any atom is 0.250 e. The van der Waals surface area contributed by atoms with Crippen molar-refractivity contribution in [3.63, 3.8) is 0 Å². The number of nitrogens with one attached hydrogen (secondary N) is 1. The molecule has 2 heterocycles. The first-order chi connectivity index (χ1) is 14.7. The molecule has 164 valence electrons. The van der Waals surface area contributed by atoms with Crippen LogP contribution in [0.15, 0.2) is 41.1 Å². The average Bonchev–Trinajstić information content (AvgIpc) is 3.21. The minimum Gasteiger partial charge on any atom is -0.387 e. The Morgan fingerprint density at radius 3 is 2.71 bits per heavy atom. The highest BCUT2D eigenvalue weighted by Gasteiger charge is 2.57. The molecule has 1 unspecified atom stereocenters. The van der Waals surface area contributed by atoms with Crippen LogP contribution in [0.5, 0.6) is 0 Å². The van der Waals surface area contributed by atoms with Crippen molar-refractivity contribution in [2.45, 2.75) is 58.1 Å². The number of hydrogen-bond acceptors (Lipinski definition) is 5. The van der Waals surface area contributed by atoms with Gasteiger partial charge in [-0.3, -0.25) is 14.4 Å². The number of allylic oxidation sites excluding steroid dienone is 1. The Bertz CT molecular complexity index is 1010. The van der Waals surface area contributed by atoms with Crippen LogP contribution in [0.1, 0.15) is 52.0 Å². The van der Waals surface area contributed by atoms with Gasteiger partial charge in [-0.25, -0.2) is 0 Å². The number of amides is 3. The molecule has 3 aliphatic rings. The fraction of sp³-hybridized carbons (Fsp3) is 0.478. The number of benzene rings is 1. The standard InChI is InChI=1S/C23H28N4O4/c1-4-14(2)20(29)25-16-7-5-6-15(10-16)17-11-23(31-26-17)12-18(19(24)28)27(13-23)21(30)22(3)8-9-22/h4-7,10,18H,8-9,11-13H2,1-3H3,(H2,24,28)(H,25,29)/b14-4-/t18-,23?/m0/s1. The third-order valence-electron chi connectivity index (χ3n) is 6.59. The van der Waals surface area contributed by atoms with Crippen molar-refractivity contribution in [3.05, 3.63) is 41.5 Å². The Hall–Kier alpha value is -3.16. The van der Waals surface area contributed by atoms with Gasteiger partial charge in [-0.1, -0.05) is 30.3 Å². The maximum atomic E-state index is 12.9. The zero-order valence-electron chi connectivity index (χ0n) is 18.1. The second-order valence-electron chi connectivity index (χ2n) is 9.11. The molecule has 3 N–H and O–H groups in total. The Labute approximate surface area is 181 Å². The molecule has 0 aromatic heterocycles. The maximum absolute atomic E-state index is 12.9. The minimum absolute atomic E-state index is 0.0331. The number of carbonyl (C=O) groups excluding carboxylic acids is 3. The van der Waals surface area contributed by atoms with E-state index in [1.807, 2.05) is 38.1 Å². The molecular weight excluding hydrogens is 396 g/mol. The Kier molecular flexibility index (Phi) is 5.11. The van der Waals surface area contributed by atoms with E-state index in [1.165, 1.54) is 0 Å². The molecule has 2 fully saturated rings. The van der Waals surface area contributed by atoms with Crippen LogP contribution in [0, 0.1) is 5.41 Å².